The van der Waals surface area contributed by atoms with E-state index >= 15 is 0 Å². The quantitative estimate of drug-likeness (QED) is 0.809. The van der Waals surface area contributed by atoms with Crippen molar-refractivity contribution in [1.29, 1.82) is 0 Å². The molecule has 0 N–H and O–H groups in total. The van der Waals surface area contributed by atoms with E-state index in [4.69, 9.17) is 9.47 Å². The molecule has 1 heterocycles. The highest BCUT2D eigenvalue weighted by molar-refractivity contribution is 7.12. The molecule has 1 aliphatic rings. The van der Waals surface area contributed by atoms with Crippen LogP contribution in [0.25, 0.3) is 0 Å². The van der Waals surface area contributed by atoms with Gasteiger partial charge in [0.05, 0.1) is 12.2 Å². The topological polar surface area (TPSA) is 18.5 Å². The van der Waals surface area contributed by atoms with E-state index in [0.29, 0.717) is 6.61 Å². The van der Waals surface area contributed by atoms with Gasteiger partial charge in [-0.3, -0.25) is 0 Å². The lowest BCUT2D eigenvalue weighted by molar-refractivity contribution is -0.0716. The zero-order chi connectivity index (χ0) is 11.8. The summed E-state index contributed by atoms with van der Waals surface area (Å²) in [5.74, 6) is 0. The fourth-order valence-electron chi connectivity index (χ4n) is 2.57. The van der Waals surface area contributed by atoms with Crippen LogP contribution < -0.4 is 0 Å². The maximum Gasteiger partial charge on any atom is 0.0962 e. The van der Waals surface area contributed by atoms with Gasteiger partial charge < -0.3 is 9.47 Å². The summed E-state index contributed by atoms with van der Waals surface area (Å²) in [6.07, 6.45) is 3.20. The molecule has 1 atom stereocenters. The Morgan fingerprint density at radius 3 is 2.69 bits per heavy atom. The molecule has 0 aromatic carbocycles. The number of aryl methyl sites for hydroxylation is 1. The van der Waals surface area contributed by atoms with Crippen LogP contribution in [0.2, 0.25) is 0 Å². The van der Waals surface area contributed by atoms with Crippen LogP contribution in [0.5, 0.6) is 0 Å². The number of thiophene rings is 1. The molecular weight excluding hydrogens is 220 g/mol. The molecule has 90 valence electrons. The van der Waals surface area contributed by atoms with Crippen molar-refractivity contribution in [2.75, 3.05) is 20.8 Å². The Bertz CT molecular complexity index is 384. The largest absolute Gasteiger partial charge is 0.382 e. The fourth-order valence-corrected chi connectivity index (χ4v) is 3.93. The molecule has 3 heteroatoms. The number of hydrogen-bond acceptors (Lipinski definition) is 3. The van der Waals surface area contributed by atoms with E-state index in [1.807, 2.05) is 11.3 Å². The number of ether oxygens (including phenoxy) is 2. The first-order valence-electron chi connectivity index (χ1n) is 5.74. The van der Waals surface area contributed by atoms with Crippen molar-refractivity contribution >= 4 is 11.3 Å². The number of fused-ring (bicyclic) bond motifs is 1. The Balaban J connectivity index is 2.29. The molecule has 16 heavy (non-hydrogen) atoms. The zero-order valence-corrected chi connectivity index (χ0v) is 11.4. The van der Waals surface area contributed by atoms with E-state index in [1.165, 1.54) is 15.3 Å². The van der Waals surface area contributed by atoms with Gasteiger partial charge in [-0.25, -0.2) is 0 Å². The molecular formula is C13H20O2S. The second-order valence-corrected chi connectivity index (χ2v) is 5.99. The van der Waals surface area contributed by atoms with Gasteiger partial charge in [0, 0.05) is 30.4 Å². The SMILES string of the molecule is COCC1(OC)CCc2c(sc(C)c2C)C1. The molecule has 0 spiro atoms. The summed E-state index contributed by atoms with van der Waals surface area (Å²) in [6, 6.07) is 0. The third-order valence-corrected chi connectivity index (χ3v) is 5.00. The van der Waals surface area contributed by atoms with Gasteiger partial charge in [-0.05, 0) is 37.8 Å². The summed E-state index contributed by atoms with van der Waals surface area (Å²) in [7, 11) is 3.55. The zero-order valence-electron chi connectivity index (χ0n) is 10.6. The Kier molecular flexibility index (Phi) is 3.38. The third kappa shape index (κ3) is 1.92. The molecule has 0 amide bonds. The highest BCUT2D eigenvalue weighted by Crippen LogP contribution is 2.38. The first kappa shape index (κ1) is 12.1. The van der Waals surface area contributed by atoms with Gasteiger partial charge in [-0.2, -0.15) is 0 Å². The summed E-state index contributed by atoms with van der Waals surface area (Å²) < 4.78 is 11.0. The van der Waals surface area contributed by atoms with Crippen LogP contribution >= 0.6 is 11.3 Å². The average Bonchev–Trinajstić information content (AvgIpc) is 2.55. The van der Waals surface area contributed by atoms with Gasteiger partial charge in [0.1, 0.15) is 0 Å². The van der Waals surface area contributed by atoms with Gasteiger partial charge in [0.2, 0.25) is 0 Å². The Hall–Kier alpha value is -0.380. The summed E-state index contributed by atoms with van der Waals surface area (Å²) >= 11 is 1.92. The highest BCUT2D eigenvalue weighted by atomic mass is 32.1. The number of methoxy groups -OCH3 is 2. The molecule has 0 saturated carbocycles. The van der Waals surface area contributed by atoms with Crippen molar-refractivity contribution in [2.45, 2.75) is 38.7 Å². The monoisotopic (exact) mass is 240 g/mol. The predicted molar refractivity (Wildman–Crippen MR) is 67.4 cm³/mol. The first-order valence-corrected chi connectivity index (χ1v) is 6.55. The Labute approximate surface area is 102 Å². The molecule has 2 nitrogen and oxygen atoms in total. The van der Waals surface area contributed by atoms with Crippen molar-refractivity contribution in [3.8, 4) is 0 Å². The molecule has 0 aliphatic heterocycles. The van der Waals surface area contributed by atoms with Crippen molar-refractivity contribution in [3.05, 3.63) is 20.9 Å². The second kappa shape index (κ2) is 4.47. The van der Waals surface area contributed by atoms with E-state index < -0.39 is 0 Å². The van der Waals surface area contributed by atoms with Crippen molar-refractivity contribution in [3.63, 3.8) is 0 Å². The van der Waals surface area contributed by atoms with Crippen LogP contribution in [0.3, 0.4) is 0 Å². The van der Waals surface area contributed by atoms with Crippen molar-refractivity contribution in [2.24, 2.45) is 0 Å². The van der Waals surface area contributed by atoms with Gasteiger partial charge in [-0.15, -0.1) is 11.3 Å². The Morgan fingerprint density at radius 2 is 2.06 bits per heavy atom. The average molecular weight is 240 g/mol. The minimum Gasteiger partial charge on any atom is -0.382 e. The van der Waals surface area contributed by atoms with Crippen LogP contribution in [0.4, 0.5) is 0 Å². The third-order valence-electron chi connectivity index (χ3n) is 3.75. The van der Waals surface area contributed by atoms with E-state index in [2.05, 4.69) is 13.8 Å². The number of hydrogen-bond donors (Lipinski definition) is 0. The maximum absolute atomic E-state index is 5.71. The lowest BCUT2D eigenvalue weighted by Crippen LogP contribution is -2.41. The molecule has 1 aromatic heterocycles. The van der Waals surface area contributed by atoms with E-state index in [-0.39, 0.29) is 5.60 Å². The summed E-state index contributed by atoms with van der Waals surface area (Å²) in [6.45, 7) is 5.14. The van der Waals surface area contributed by atoms with Crippen LogP contribution in [0.1, 0.15) is 27.3 Å². The molecule has 0 radical (unpaired) electrons. The van der Waals surface area contributed by atoms with Crippen LogP contribution in [-0.4, -0.2) is 26.4 Å². The Morgan fingerprint density at radius 1 is 1.31 bits per heavy atom. The summed E-state index contributed by atoms with van der Waals surface area (Å²) in [4.78, 5) is 2.95. The molecule has 1 unspecified atom stereocenters. The first-order chi connectivity index (χ1) is 7.62. The van der Waals surface area contributed by atoms with Crippen molar-refractivity contribution in [1.82, 2.24) is 0 Å². The predicted octanol–water partition coefficient (Wildman–Crippen LogP) is 2.89. The van der Waals surface area contributed by atoms with Gasteiger partial charge >= 0.3 is 0 Å². The van der Waals surface area contributed by atoms with Gasteiger partial charge in [0.25, 0.3) is 0 Å². The molecule has 2 rings (SSSR count). The van der Waals surface area contributed by atoms with E-state index in [0.717, 1.165) is 19.3 Å². The summed E-state index contributed by atoms with van der Waals surface area (Å²) in [5.41, 5.74) is 2.96. The molecule has 1 aliphatic carbocycles. The van der Waals surface area contributed by atoms with Crippen LogP contribution in [0.15, 0.2) is 0 Å². The maximum atomic E-state index is 5.71. The standard InChI is InChI=1S/C13H20O2S/c1-9-10(2)16-12-7-13(15-4,8-14-3)6-5-11(9)12/h5-8H2,1-4H3. The molecule has 0 fully saturated rings. The van der Waals surface area contributed by atoms with Gasteiger partial charge in [0.15, 0.2) is 0 Å². The summed E-state index contributed by atoms with van der Waals surface area (Å²) in [5, 5.41) is 0. The van der Waals surface area contributed by atoms with Gasteiger partial charge in [-0.1, -0.05) is 0 Å². The van der Waals surface area contributed by atoms with Crippen LogP contribution in [0, 0.1) is 13.8 Å². The van der Waals surface area contributed by atoms with Crippen LogP contribution in [-0.2, 0) is 22.3 Å². The lowest BCUT2D eigenvalue weighted by atomic mass is 9.83. The molecule has 1 aromatic rings. The normalized spacial score (nSPS) is 24.5. The smallest absolute Gasteiger partial charge is 0.0962 e. The van der Waals surface area contributed by atoms with Crippen molar-refractivity contribution < 1.29 is 9.47 Å². The minimum absolute atomic E-state index is 0.0918. The lowest BCUT2D eigenvalue weighted by Gasteiger charge is -2.35. The minimum atomic E-state index is -0.0918. The van der Waals surface area contributed by atoms with E-state index in [1.54, 1.807) is 19.8 Å². The number of rotatable bonds is 3. The molecule has 0 bridgehead atoms. The van der Waals surface area contributed by atoms with E-state index in [9.17, 15) is 0 Å². The second-order valence-electron chi connectivity index (χ2n) is 4.68. The molecule has 0 saturated heterocycles. The highest BCUT2D eigenvalue weighted by Gasteiger charge is 2.36. The fraction of sp³-hybridized carbons (Fsp3) is 0.692.